The molecule has 0 fully saturated rings. The number of aromatic nitrogens is 2. The summed E-state index contributed by atoms with van der Waals surface area (Å²) in [4.78, 5) is 19.5. The highest BCUT2D eigenvalue weighted by atomic mass is 35.5. The van der Waals surface area contributed by atoms with Gasteiger partial charge in [-0.05, 0) is 56.2 Å². The normalized spacial score (nSPS) is 12.0. The number of hydrogen-bond donors (Lipinski definition) is 1. The number of benzene rings is 2. The Bertz CT molecular complexity index is 989. The summed E-state index contributed by atoms with van der Waals surface area (Å²) in [5.74, 6) is 1.16. The standard InChI is InChI=1S/C20H19ClN2O2/c1-12(2)25-15-9-7-14(8-10-15)11-17(21)19-22-18-13(3)5-4-6-16(18)20(24)23-19/h4-12H,1-3H3,(H,22,23,24)/b17-11-. The summed E-state index contributed by atoms with van der Waals surface area (Å²) in [5, 5.41) is 0.934. The molecule has 1 aromatic heterocycles. The Morgan fingerprint density at radius 2 is 1.92 bits per heavy atom. The summed E-state index contributed by atoms with van der Waals surface area (Å²) in [7, 11) is 0. The zero-order valence-corrected chi connectivity index (χ0v) is 15.1. The zero-order chi connectivity index (χ0) is 18.0. The second-order valence-electron chi connectivity index (χ2n) is 6.11. The van der Waals surface area contributed by atoms with Gasteiger partial charge in [0.2, 0.25) is 0 Å². The summed E-state index contributed by atoms with van der Waals surface area (Å²) in [6.07, 6.45) is 1.89. The molecule has 0 saturated carbocycles. The largest absolute Gasteiger partial charge is 0.491 e. The fourth-order valence-electron chi connectivity index (χ4n) is 2.55. The van der Waals surface area contributed by atoms with E-state index in [0.29, 0.717) is 21.8 Å². The molecule has 0 saturated heterocycles. The fourth-order valence-corrected chi connectivity index (χ4v) is 2.76. The Labute approximate surface area is 151 Å². The number of rotatable bonds is 4. The van der Waals surface area contributed by atoms with Gasteiger partial charge < -0.3 is 9.72 Å². The lowest BCUT2D eigenvalue weighted by atomic mass is 10.1. The Kier molecular flexibility index (Phi) is 4.91. The van der Waals surface area contributed by atoms with Crippen LogP contribution in [-0.4, -0.2) is 16.1 Å². The molecular formula is C20H19ClN2O2. The van der Waals surface area contributed by atoms with Crippen LogP contribution in [0, 0.1) is 6.92 Å². The van der Waals surface area contributed by atoms with Gasteiger partial charge in [-0.25, -0.2) is 4.98 Å². The van der Waals surface area contributed by atoms with Crippen LogP contribution in [0.4, 0.5) is 0 Å². The average molecular weight is 355 g/mol. The lowest BCUT2D eigenvalue weighted by Crippen LogP contribution is -2.11. The summed E-state index contributed by atoms with van der Waals surface area (Å²) >= 11 is 6.39. The molecule has 1 heterocycles. The molecular weight excluding hydrogens is 336 g/mol. The molecule has 0 aliphatic heterocycles. The number of nitrogens with zero attached hydrogens (tertiary/aromatic N) is 1. The van der Waals surface area contributed by atoms with Crippen LogP contribution in [0.3, 0.4) is 0 Å². The van der Waals surface area contributed by atoms with Crippen LogP contribution in [0.1, 0.15) is 30.8 Å². The van der Waals surface area contributed by atoms with E-state index in [1.807, 2.05) is 57.2 Å². The molecule has 0 aliphatic carbocycles. The van der Waals surface area contributed by atoms with Crippen molar-refractivity contribution < 1.29 is 4.74 Å². The lowest BCUT2D eigenvalue weighted by Gasteiger charge is -2.09. The first-order valence-electron chi connectivity index (χ1n) is 8.08. The second-order valence-corrected chi connectivity index (χ2v) is 6.52. The van der Waals surface area contributed by atoms with E-state index in [1.165, 1.54) is 0 Å². The predicted molar refractivity (Wildman–Crippen MR) is 103 cm³/mol. The zero-order valence-electron chi connectivity index (χ0n) is 14.3. The average Bonchev–Trinajstić information content (AvgIpc) is 2.57. The van der Waals surface area contributed by atoms with Crippen LogP contribution in [0.5, 0.6) is 5.75 Å². The first-order valence-corrected chi connectivity index (χ1v) is 8.46. The van der Waals surface area contributed by atoms with Crippen LogP contribution in [0.15, 0.2) is 47.3 Å². The minimum absolute atomic E-state index is 0.125. The van der Waals surface area contributed by atoms with Crippen LogP contribution >= 0.6 is 11.6 Å². The van der Waals surface area contributed by atoms with Crippen molar-refractivity contribution in [2.24, 2.45) is 0 Å². The number of aryl methyl sites for hydroxylation is 1. The molecule has 0 bridgehead atoms. The molecule has 1 N–H and O–H groups in total. The van der Waals surface area contributed by atoms with E-state index in [9.17, 15) is 4.79 Å². The number of para-hydroxylation sites is 1. The number of ether oxygens (including phenoxy) is 1. The van der Waals surface area contributed by atoms with E-state index in [-0.39, 0.29) is 11.7 Å². The van der Waals surface area contributed by atoms with Crippen molar-refractivity contribution in [3.05, 3.63) is 69.8 Å². The Balaban J connectivity index is 1.96. The molecule has 0 radical (unpaired) electrons. The lowest BCUT2D eigenvalue weighted by molar-refractivity contribution is 0.242. The van der Waals surface area contributed by atoms with Crippen LogP contribution in [0.25, 0.3) is 22.0 Å². The van der Waals surface area contributed by atoms with Gasteiger partial charge in [0, 0.05) is 0 Å². The van der Waals surface area contributed by atoms with Crippen molar-refractivity contribution in [1.29, 1.82) is 0 Å². The monoisotopic (exact) mass is 354 g/mol. The van der Waals surface area contributed by atoms with Gasteiger partial charge in [0.05, 0.1) is 22.0 Å². The highest BCUT2D eigenvalue weighted by molar-refractivity contribution is 6.50. The maximum atomic E-state index is 12.3. The molecule has 0 unspecified atom stereocenters. The van der Waals surface area contributed by atoms with Gasteiger partial charge in [-0.15, -0.1) is 0 Å². The quantitative estimate of drug-likeness (QED) is 0.735. The number of hydrogen-bond acceptors (Lipinski definition) is 3. The van der Waals surface area contributed by atoms with E-state index in [2.05, 4.69) is 9.97 Å². The molecule has 0 amide bonds. The Hall–Kier alpha value is -2.59. The molecule has 3 aromatic rings. The first kappa shape index (κ1) is 17.2. The van der Waals surface area contributed by atoms with Crippen LogP contribution in [0.2, 0.25) is 0 Å². The maximum Gasteiger partial charge on any atom is 0.259 e. The minimum Gasteiger partial charge on any atom is -0.491 e. The molecule has 128 valence electrons. The van der Waals surface area contributed by atoms with Gasteiger partial charge in [-0.2, -0.15) is 0 Å². The summed E-state index contributed by atoms with van der Waals surface area (Å²) in [6.45, 7) is 5.88. The van der Waals surface area contributed by atoms with E-state index in [4.69, 9.17) is 16.3 Å². The molecule has 25 heavy (non-hydrogen) atoms. The summed E-state index contributed by atoms with van der Waals surface area (Å²) < 4.78 is 5.62. The maximum absolute atomic E-state index is 12.3. The SMILES string of the molecule is Cc1cccc2c(=O)[nH]c(/C(Cl)=C/c3ccc(OC(C)C)cc3)nc12. The summed E-state index contributed by atoms with van der Waals surface area (Å²) in [5.41, 5.74) is 2.29. The van der Waals surface area contributed by atoms with Gasteiger partial charge in [0.25, 0.3) is 5.56 Å². The molecule has 0 atom stereocenters. The third-order valence-electron chi connectivity index (χ3n) is 3.71. The van der Waals surface area contributed by atoms with Crippen molar-refractivity contribution in [3.8, 4) is 5.75 Å². The Morgan fingerprint density at radius 1 is 1.20 bits per heavy atom. The number of fused-ring (bicyclic) bond motifs is 1. The third-order valence-corrected chi connectivity index (χ3v) is 4.00. The van der Waals surface area contributed by atoms with Crippen molar-refractivity contribution in [1.82, 2.24) is 9.97 Å². The van der Waals surface area contributed by atoms with Crippen molar-refractivity contribution >= 4 is 33.6 Å². The predicted octanol–water partition coefficient (Wildman–Crippen LogP) is 4.76. The van der Waals surface area contributed by atoms with E-state index in [1.54, 1.807) is 12.1 Å². The topological polar surface area (TPSA) is 55.0 Å². The van der Waals surface area contributed by atoms with Crippen molar-refractivity contribution in [3.63, 3.8) is 0 Å². The first-order chi connectivity index (χ1) is 11.9. The number of halogens is 1. The van der Waals surface area contributed by atoms with Crippen LogP contribution < -0.4 is 10.3 Å². The fraction of sp³-hybridized carbons (Fsp3) is 0.200. The van der Waals surface area contributed by atoms with Gasteiger partial charge in [0.15, 0.2) is 5.82 Å². The van der Waals surface area contributed by atoms with Crippen LogP contribution in [-0.2, 0) is 0 Å². The third kappa shape index (κ3) is 3.91. The summed E-state index contributed by atoms with van der Waals surface area (Å²) in [6, 6.07) is 13.1. The molecule has 4 nitrogen and oxygen atoms in total. The van der Waals surface area contributed by atoms with Crippen molar-refractivity contribution in [2.45, 2.75) is 26.9 Å². The van der Waals surface area contributed by atoms with Gasteiger partial charge in [-0.3, -0.25) is 4.79 Å². The highest BCUT2D eigenvalue weighted by Gasteiger charge is 2.08. The minimum atomic E-state index is -0.198. The molecule has 3 rings (SSSR count). The van der Waals surface area contributed by atoms with E-state index < -0.39 is 0 Å². The number of H-pyrrole nitrogens is 1. The van der Waals surface area contributed by atoms with Gasteiger partial charge in [-0.1, -0.05) is 35.9 Å². The van der Waals surface area contributed by atoms with E-state index in [0.717, 1.165) is 16.9 Å². The highest BCUT2D eigenvalue weighted by Crippen LogP contribution is 2.22. The molecule has 5 heteroatoms. The Morgan fingerprint density at radius 3 is 2.60 bits per heavy atom. The molecule has 0 aliphatic rings. The van der Waals surface area contributed by atoms with E-state index >= 15 is 0 Å². The molecule has 0 spiro atoms. The van der Waals surface area contributed by atoms with Gasteiger partial charge in [0.1, 0.15) is 5.75 Å². The number of nitrogens with one attached hydrogen (secondary N) is 1. The second kappa shape index (κ2) is 7.11. The van der Waals surface area contributed by atoms with Crippen molar-refractivity contribution in [2.75, 3.05) is 0 Å². The number of aromatic amines is 1. The molecule has 2 aromatic carbocycles. The van der Waals surface area contributed by atoms with Gasteiger partial charge >= 0.3 is 0 Å². The smallest absolute Gasteiger partial charge is 0.259 e.